The van der Waals surface area contributed by atoms with E-state index < -0.39 is 11.0 Å². The Morgan fingerprint density at radius 2 is 2.05 bits per heavy atom. The predicted octanol–water partition coefficient (Wildman–Crippen LogP) is 2.97. The van der Waals surface area contributed by atoms with Crippen LogP contribution in [0.4, 0.5) is 0 Å². The van der Waals surface area contributed by atoms with Crippen molar-refractivity contribution in [1.82, 2.24) is 0 Å². The smallest absolute Gasteiger partial charge is 0.340 e. The Hall–Kier alpha value is -2.23. The molecule has 100 valence electrons. The topological polar surface area (TPSA) is 59.7 Å². The van der Waals surface area contributed by atoms with Crippen molar-refractivity contribution in [2.24, 2.45) is 0 Å². The molecule has 0 amide bonds. The van der Waals surface area contributed by atoms with Crippen LogP contribution in [0.15, 0.2) is 40.1 Å². The molecule has 0 radical (unpaired) electrons. The van der Waals surface area contributed by atoms with Crippen LogP contribution in [0, 0.1) is 0 Å². The first kappa shape index (κ1) is 13.2. The zero-order chi connectivity index (χ0) is 14.2. The van der Waals surface area contributed by atoms with Crippen LogP contribution in [0.1, 0.15) is 19.4 Å². The quantitative estimate of drug-likeness (QED) is 0.680. The van der Waals surface area contributed by atoms with E-state index in [4.69, 9.17) is 9.15 Å². The summed E-state index contributed by atoms with van der Waals surface area (Å²) in [6.07, 6.45) is 1.70. The number of rotatable bonds is 3. The fraction of sp³-hybridized carbons (Fsp3) is 0.267. The van der Waals surface area contributed by atoms with Crippen molar-refractivity contribution in [3.8, 4) is 11.5 Å². The summed E-state index contributed by atoms with van der Waals surface area (Å²) in [5, 5.41) is 10.4. The Morgan fingerprint density at radius 3 is 2.63 bits per heavy atom. The van der Waals surface area contributed by atoms with Gasteiger partial charge >= 0.3 is 5.63 Å². The molecule has 0 fully saturated rings. The SMILES string of the molecule is C=CC(C)(C)c1cc2cc(OC)c(O)cc2oc1=O. The largest absolute Gasteiger partial charge is 0.504 e. The van der Waals surface area contributed by atoms with Gasteiger partial charge in [0, 0.05) is 22.4 Å². The Labute approximate surface area is 110 Å². The van der Waals surface area contributed by atoms with Gasteiger partial charge in [0.15, 0.2) is 11.5 Å². The molecule has 19 heavy (non-hydrogen) atoms. The number of phenolic OH excluding ortho intramolecular Hbond substituents is 1. The van der Waals surface area contributed by atoms with Gasteiger partial charge in [-0.3, -0.25) is 0 Å². The number of ether oxygens (including phenoxy) is 1. The lowest BCUT2D eigenvalue weighted by molar-refractivity contribution is 0.373. The zero-order valence-corrected chi connectivity index (χ0v) is 11.2. The van der Waals surface area contributed by atoms with Gasteiger partial charge < -0.3 is 14.3 Å². The van der Waals surface area contributed by atoms with Crippen molar-refractivity contribution in [1.29, 1.82) is 0 Å². The van der Waals surface area contributed by atoms with E-state index >= 15 is 0 Å². The van der Waals surface area contributed by atoms with Gasteiger partial charge in [0.05, 0.1) is 7.11 Å². The van der Waals surface area contributed by atoms with E-state index in [-0.39, 0.29) is 5.75 Å². The molecule has 1 N–H and O–H groups in total. The van der Waals surface area contributed by atoms with Crippen molar-refractivity contribution in [2.45, 2.75) is 19.3 Å². The highest BCUT2D eigenvalue weighted by molar-refractivity contribution is 5.81. The standard InChI is InChI=1S/C15H16O4/c1-5-15(2,3)10-6-9-7-13(18-4)11(16)8-12(9)19-14(10)17/h5-8,16H,1H2,2-4H3. The van der Waals surface area contributed by atoms with Gasteiger partial charge in [0.1, 0.15) is 5.58 Å². The van der Waals surface area contributed by atoms with Gasteiger partial charge in [-0.2, -0.15) is 0 Å². The molecule has 2 rings (SSSR count). The summed E-state index contributed by atoms with van der Waals surface area (Å²) in [6.45, 7) is 7.50. The van der Waals surface area contributed by atoms with Gasteiger partial charge in [-0.25, -0.2) is 4.79 Å². The minimum Gasteiger partial charge on any atom is -0.504 e. The second-order valence-electron chi connectivity index (χ2n) is 4.94. The number of hydrogen-bond acceptors (Lipinski definition) is 4. The maximum absolute atomic E-state index is 12.0. The molecular formula is C15H16O4. The molecule has 2 aromatic rings. The van der Waals surface area contributed by atoms with Crippen molar-refractivity contribution >= 4 is 11.0 Å². The fourth-order valence-electron chi connectivity index (χ4n) is 1.86. The molecule has 4 nitrogen and oxygen atoms in total. The molecule has 1 aromatic heterocycles. The van der Waals surface area contributed by atoms with Crippen molar-refractivity contribution in [3.63, 3.8) is 0 Å². The van der Waals surface area contributed by atoms with E-state index in [1.54, 1.807) is 18.2 Å². The lowest BCUT2D eigenvalue weighted by atomic mass is 9.85. The number of benzene rings is 1. The minimum atomic E-state index is -0.486. The molecule has 1 aromatic carbocycles. The van der Waals surface area contributed by atoms with Crippen LogP contribution >= 0.6 is 0 Å². The second kappa shape index (κ2) is 4.46. The maximum Gasteiger partial charge on any atom is 0.340 e. The van der Waals surface area contributed by atoms with Gasteiger partial charge in [0.2, 0.25) is 0 Å². The van der Waals surface area contributed by atoms with Gasteiger partial charge in [-0.05, 0) is 12.1 Å². The van der Waals surface area contributed by atoms with Gasteiger partial charge in [0.25, 0.3) is 0 Å². The third kappa shape index (κ3) is 2.21. The zero-order valence-electron chi connectivity index (χ0n) is 11.2. The van der Waals surface area contributed by atoms with Crippen molar-refractivity contribution in [3.05, 3.63) is 46.8 Å². The van der Waals surface area contributed by atoms with E-state index in [1.807, 2.05) is 13.8 Å². The van der Waals surface area contributed by atoms with Crippen LogP contribution < -0.4 is 10.4 Å². The summed E-state index contributed by atoms with van der Waals surface area (Å²) >= 11 is 0. The maximum atomic E-state index is 12.0. The van der Waals surface area contributed by atoms with Crippen LogP contribution in [0.5, 0.6) is 11.5 Å². The number of allylic oxidation sites excluding steroid dienone is 1. The Kier molecular flexibility index (Phi) is 3.10. The molecule has 1 heterocycles. The number of hydrogen-bond donors (Lipinski definition) is 1. The Bertz CT molecular complexity index is 695. The highest BCUT2D eigenvalue weighted by atomic mass is 16.5. The summed E-state index contributed by atoms with van der Waals surface area (Å²) in [4.78, 5) is 12.0. The summed E-state index contributed by atoms with van der Waals surface area (Å²) in [7, 11) is 1.47. The van der Waals surface area contributed by atoms with Crippen molar-refractivity contribution in [2.75, 3.05) is 7.11 Å². The van der Waals surface area contributed by atoms with Crippen LogP contribution in [0.3, 0.4) is 0 Å². The number of aromatic hydroxyl groups is 1. The molecule has 0 aliphatic rings. The predicted molar refractivity (Wildman–Crippen MR) is 73.9 cm³/mol. The van der Waals surface area contributed by atoms with E-state index in [1.165, 1.54) is 13.2 Å². The average Bonchev–Trinajstić information content (AvgIpc) is 2.37. The molecule has 0 aliphatic carbocycles. The first-order chi connectivity index (χ1) is 8.89. The first-order valence-corrected chi connectivity index (χ1v) is 5.88. The molecule has 0 aliphatic heterocycles. The molecule has 0 saturated carbocycles. The molecule has 0 bridgehead atoms. The van der Waals surface area contributed by atoms with Crippen molar-refractivity contribution < 1.29 is 14.3 Å². The Balaban J connectivity index is 2.78. The highest BCUT2D eigenvalue weighted by Crippen LogP contribution is 2.32. The normalized spacial score (nSPS) is 11.5. The molecule has 4 heteroatoms. The van der Waals surface area contributed by atoms with E-state index in [2.05, 4.69) is 6.58 Å². The monoisotopic (exact) mass is 260 g/mol. The molecule has 0 atom stereocenters. The number of fused-ring (bicyclic) bond motifs is 1. The van der Waals surface area contributed by atoms with Gasteiger partial charge in [-0.1, -0.05) is 19.9 Å². The summed E-state index contributed by atoms with van der Waals surface area (Å²) in [5.41, 5.74) is -0.0727. The summed E-state index contributed by atoms with van der Waals surface area (Å²) in [5.74, 6) is 0.276. The molecule has 0 saturated heterocycles. The van der Waals surface area contributed by atoms with Crippen LogP contribution in [0.2, 0.25) is 0 Å². The fourth-order valence-corrected chi connectivity index (χ4v) is 1.86. The van der Waals surface area contributed by atoms with Gasteiger partial charge in [-0.15, -0.1) is 6.58 Å². The Morgan fingerprint density at radius 1 is 1.37 bits per heavy atom. The number of methoxy groups -OCH3 is 1. The lowest BCUT2D eigenvalue weighted by Crippen LogP contribution is -2.22. The van der Waals surface area contributed by atoms with E-state index in [9.17, 15) is 9.90 Å². The second-order valence-corrected chi connectivity index (χ2v) is 4.94. The average molecular weight is 260 g/mol. The minimum absolute atomic E-state index is 0.0612. The van der Waals surface area contributed by atoms with Crippen LogP contribution in [-0.4, -0.2) is 12.2 Å². The van der Waals surface area contributed by atoms with E-state index in [0.29, 0.717) is 22.3 Å². The van der Waals surface area contributed by atoms with E-state index in [0.717, 1.165) is 0 Å². The van der Waals surface area contributed by atoms with Crippen LogP contribution in [0.25, 0.3) is 11.0 Å². The first-order valence-electron chi connectivity index (χ1n) is 5.88. The molecular weight excluding hydrogens is 244 g/mol. The molecule has 0 unspecified atom stereocenters. The third-order valence-corrected chi connectivity index (χ3v) is 3.24. The summed E-state index contributed by atoms with van der Waals surface area (Å²) < 4.78 is 10.3. The molecule has 0 spiro atoms. The third-order valence-electron chi connectivity index (χ3n) is 3.24. The van der Waals surface area contributed by atoms with Crippen LogP contribution in [-0.2, 0) is 5.41 Å². The lowest BCUT2D eigenvalue weighted by Gasteiger charge is -2.18. The summed E-state index contributed by atoms with van der Waals surface area (Å²) in [6, 6.07) is 4.75. The number of phenols is 1. The highest BCUT2D eigenvalue weighted by Gasteiger charge is 2.22.